The van der Waals surface area contributed by atoms with E-state index in [1.165, 1.54) is 12.1 Å². The zero-order valence-electron chi connectivity index (χ0n) is 6.13. The second-order valence-electron chi connectivity index (χ2n) is 2.10. The lowest BCUT2D eigenvalue weighted by atomic mass is 10.2. The van der Waals surface area contributed by atoms with Crippen molar-refractivity contribution in [2.75, 3.05) is 5.73 Å². The number of hydrogen-bond donors (Lipinski definition) is 1. The molecule has 0 aliphatic rings. The van der Waals surface area contributed by atoms with Gasteiger partial charge in [0.05, 0.1) is 5.69 Å². The van der Waals surface area contributed by atoms with Crippen molar-refractivity contribution in [1.29, 1.82) is 5.26 Å². The third kappa shape index (κ3) is 1.74. The number of benzene rings is 1. The standard InChI is InChI=1S/C9H5FN2/c10-8-6-7(2-1-5-11)3-4-9(8)12/h3-4,6H,12H2. The predicted octanol–water partition coefficient (Wildman–Crippen LogP) is 1.28. The largest absolute Gasteiger partial charge is 0.396 e. The van der Waals surface area contributed by atoms with Gasteiger partial charge in [0.15, 0.2) is 6.07 Å². The van der Waals surface area contributed by atoms with Crippen LogP contribution in [0.15, 0.2) is 18.2 Å². The van der Waals surface area contributed by atoms with Crippen LogP contribution in [0.5, 0.6) is 0 Å². The first-order chi connectivity index (χ1) is 5.74. The normalized spacial score (nSPS) is 8.00. The lowest BCUT2D eigenvalue weighted by Gasteiger charge is -1.94. The van der Waals surface area contributed by atoms with Gasteiger partial charge >= 0.3 is 0 Å². The fourth-order valence-electron chi connectivity index (χ4n) is 0.705. The van der Waals surface area contributed by atoms with Gasteiger partial charge in [0.1, 0.15) is 5.82 Å². The summed E-state index contributed by atoms with van der Waals surface area (Å²) in [5, 5.41) is 8.11. The maximum Gasteiger partial charge on any atom is 0.152 e. The molecule has 3 heteroatoms. The Bertz CT molecular complexity index is 393. The van der Waals surface area contributed by atoms with E-state index in [1.807, 2.05) is 0 Å². The molecule has 0 fully saturated rings. The summed E-state index contributed by atoms with van der Waals surface area (Å²) < 4.78 is 12.7. The zero-order chi connectivity index (χ0) is 8.97. The van der Waals surface area contributed by atoms with Crippen LogP contribution in [-0.4, -0.2) is 0 Å². The van der Waals surface area contributed by atoms with Gasteiger partial charge < -0.3 is 5.73 Å². The molecule has 0 aliphatic carbocycles. The number of hydrogen-bond acceptors (Lipinski definition) is 2. The first kappa shape index (κ1) is 8.10. The molecule has 0 radical (unpaired) electrons. The van der Waals surface area contributed by atoms with Crippen LogP contribution in [0.25, 0.3) is 0 Å². The van der Waals surface area contributed by atoms with E-state index < -0.39 is 5.82 Å². The van der Waals surface area contributed by atoms with Crippen molar-refractivity contribution < 1.29 is 4.39 Å². The molecule has 1 rings (SSSR count). The summed E-state index contributed by atoms with van der Waals surface area (Å²) in [6, 6.07) is 5.80. The van der Waals surface area contributed by atoms with Gasteiger partial charge in [-0.15, -0.1) is 0 Å². The van der Waals surface area contributed by atoms with Gasteiger partial charge in [0.2, 0.25) is 0 Å². The average Bonchev–Trinajstić information content (AvgIpc) is 2.07. The van der Waals surface area contributed by atoms with Crippen LogP contribution in [0, 0.1) is 29.0 Å². The maximum atomic E-state index is 12.7. The maximum absolute atomic E-state index is 12.7. The summed E-state index contributed by atoms with van der Waals surface area (Å²) in [6.45, 7) is 0. The van der Waals surface area contributed by atoms with Crippen molar-refractivity contribution in [2.45, 2.75) is 0 Å². The van der Waals surface area contributed by atoms with E-state index >= 15 is 0 Å². The number of nitrogens with zero attached hydrogens (tertiary/aromatic N) is 1. The smallest absolute Gasteiger partial charge is 0.152 e. The highest BCUT2D eigenvalue weighted by atomic mass is 19.1. The van der Waals surface area contributed by atoms with E-state index in [4.69, 9.17) is 11.0 Å². The Balaban J connectivity index is 3.07. The monoisotopic (exact) mass is 160 g/mol. The Kier molecular flexibility index (Phi) is 2.30. The predicted molar refractivity (Wildman–Crippen MR) is 43.3 cm³/mol. The highest BCUT2D eigenvalue weighted by Gasteiger charge is 1.96. The Morgan fingerprint density at radius 3 is 2.75 bits per heavy atom. The lowest BCUT2D eigenvalue weighted by Crippen LogP contribution is -1.90. The van der Waals surface area contributed by atoms with Crippen LogP contribution in [0.3, 0.4) is 0 Å². The van der Waals surface area contributed by atoms with Crippen molar-refractivity contribution in [1.82, 2.24) is 0 Å². The average molecular weight is 160 g/mol. The Hall–Kier alpha value is -2.00. The van der Waals surface area contributed by atoms with E-state index in [-0.39, 0.29) is 5.69 Å². The molecule has 0 amide bonds. The highest BCUT2D eigenvalue weighted by Crippen LogP contribution is 2.10. The quantitative estimate of drug-likeness (QED) is 0.459. The Morgan fingerprint density at radius 2 is 2.17 bits per heavy atom. The minimum Gasteiger partial charge on any atom is -0.396 e. The van der Waals surface area contributed by atoms with Crippen molar-refractivity contribution in [3.05, 3.63) is 29.6 Å². The molecular weight excluding hydrogens is 155 g/mol. The van der Waals surface area contributed by atoms with Crippen molar-refractivity contribution in [3.63, 3.8) is 0 Å². The number of rotatable bonds is 0. The third-order valence-corrected chi connectivity index (χ3v) is 1.26. The van der Waals surface area contributed by atoms with Crippen LogP contribution in [0.1, 0.15) is 5.56 Å². The molecule has 0 saturated carbocycles. The molecule has 0 bridgehead atoms. The number of nitriles is 1. The summed E-state index contributed by atoms with van der Waals surface area (Å²) in [5.74, 6) is 4.10. The minimum absolute atomic E-state index is 0.0810. The highest BCUT2D eigenvalue weighted by molar-refractivity contribution is 5.47. The number of nitrogens with two attached hydrogens (primary N) is 1. The molecule has 1 aromatic carbocycles. The van der Waals surface area contributed by atoms with Crippen molar-refractivity contribution >= 4 is 5.69 Å². The van der Waals surface area contributed by atoms with Gasteiger partial charge in [-0.05, 0) is 18.2 Å². The number of halogens is 1. The summed E-state index contributed by atoms with van der Waals surface area (Å²) in [4.78, 5) is 0. The molecule has 0 heterocycles. The molecule has 0 aliphatic heterocycles. The third-order valence-electron chi connectivity index (χ3n) is 1.26. The van der Waals surface area contributed by atoms with Crippen LogP contribution < -0.4 is 5.73 Å². The number of nitrogen functional groups attached to an aromatic ring is 1. The minimum atomic E-state index is -0.514. The van der Waals surface area contributed by atoms with Gasteiger partial charge in [-0.1, -0.05) is 5.92 Å². The molecule has 2 N–H and O–H groups in total. The zero-order valence-corrected chi connectivity index (χ0v) is 6.13. The second-order valence-corrected chi connectivity index (χ2v) is 2.10. The van der Waals surface area contributed by atoms with E-state index in [0.29, 0.717) is 5.56 Å². The van der Waals surface area contributed by atoms with Crippen LogP contribution >= 0.6 is 0 Å². The Morgan fingerprint density at radius 1 is 1.42 bits per heavy atom. The molecule has 0 unspecified atom stereocenters. The van der Waals surface area contributed by atoms with Crippen LogP contribution in [0.4, 0.5) is 10.1 Å². The summed E-state index contributed by atoms with van der Waals surface area (Å²) >= 11 is 0. The first-order valence-corrected chi connectivity index (χ1v) is 3.19. The molecule has 0 atom stereocenters. The summed E-state index contributed by atoms with van der Waals surface area (Å²) in [7, 11) is 0. The lowest BCUT2D eigenvalue weighted by molar-refractivity contribution is 0.632. The molecule has 12 heavy (non-hydrogen) atoms. The number of anilines is 1. The van der Waals surface area contributed by atoms with Gasteiger partial charge in [0.25, 0.3) is 0 Å². The molecule has 58 valence electrons. The van der Waals surface area contributed by atoms with Crippen LogP contribution in [-0.2, 0) is 0 Å². The second kappa shape index (κ2) is 3.41. The molecule has 1 aromatic rings. The Labute approximate surface area is 69.4 Å². The van der Waals surface area contributed by atoms with Crippen LogP contribution in [0.2, 0.25) is 0 Å². The van der Waals surface area contributed by atoms with Gasteiger partial charge in [-0.3, -0.25) is 0 Å². The molecule has 0 spiro atoms. The van der Waals surface area contributed by atoms with E-state index in [0.717, 1.165) is 0 Å². The van der Waals surface area contributed by atoms with E-state index in [9.17, 15) is 4.39 Å². The topological polar surface area (TPSA) is 49.8 Å². The van der Waals surface area contributed by atoms with Gasteiger partial charge in [-0.2, -0.15) is 5.26 Å². The fraction of sp³-hybridized carbons (Fsp3) is 0. The van der Waals surface area contributed by atoms with Crippen molar-refractivity contribution in [2.24, 2.45) is 0 Å². The SMILES string of the molecule is N#CC#Cc1ccc(N)c(F)c1. The van der Waals surface area contributed by atoms with Gasteiger partial charge in [0, 0.05) is 11.5 Å². The molecular formula is C9H5FN2. The summed E-state index contributed by atoms with van der Waals surface area (Å²) in [6.07, 6.45) is 0. The van der Waals surface area contributed by atoms with E-state index in [1.54, 1.807) is 12.1 Å². The van der Waals surface area contributed by atoms with E-state index in [2.05, 4.69) is 11.8 Å². The van der Waals surface area contributed by atoms with Crippen molar-refractivity contribution in [3.8, 4) is 17.9 Å². The fourth-order valence-corrected chi connectivity index (χ4v) is 0.705. The van der Waals surface area contributed by atoms with Gasteiger partial charge in [-0.25, -0.2) is 4.39 Å². The molecule has 0 aromatic heterocycles. The molecule has 2 nitrogen and oxygen atoms in total. The first-order valence-electron chi connectivity index (χ1n) is 3.19. The molecule has 0 saturated heterocycles. The summed E-state index contributed by atoms with van der Waals surface area (Å²) in [5.41, 5.74) is 5.76.